The number of rotatable bonds is 7. The topological polar surface area (TPSA) is 112 Å². The van der Waals surface area contributed by atoms with Crippen molar-refractivity contribution in [3.63, 3.8) is 0 Å². The molecule has 35 heavy (non-hydrogen) atoms. The molecule has 180 valence electrons. The van der Waals surface area contributed by atoms with Crippen LogP contribution in [0.5, 0.6) is 5.75 Å². The molecule has 1 aliphatic rings. The molecule has 3 aromatic heterocycles. The van der Waals surface area contributed by atoms with Gasteiger partial charge in [-0.05, 0) is 50.5 Å². The number of esters is 1. The van der Waals surface area contributed by atoms with Gasteiger partial charge in [-0.3, -0.25) is 4.79 Å². The Morgan fingerprint density at radius 1 is 1.14 bits per heavy atom. The van der Waals surface area contributed by atoms with E-state index in [-0.39, 0.29) is 30.9 Å². The maximum atomic E-state index is 12.9. The van der Waals surface area contributed by atoms with Crippen LogP contribution >= 0.6 is 0 Å². The van der Waals surface area contributed by atoms with E-state index < -0.39 is 5.97 Å². The first-order valence-corrected chi connectivity index (χ1v) is 11.6. The molecule has 0 saturated carbocycles. The van der Waals surface area contributed by atoms with Gasteiger partial charge in [-0.25, -0.2) is 9.78 Å². The number of nitrogens with zero attached hydrogens (tertiary/aromatic N) is 5. The monoisotopic (exact) mass is 475 g/mol. The van der Waals surface area contributed by atoms with E-state index in [0.717, 1.165) is 19.3 Å². The first-order chi connectivity index (χ1) is 17.1. The van der Waals surface area contributed by atoms with Crippen LogP contribution in [0.15, 0.2) is 59.4 Å². The van der Waals surface area contributed by atoms with Crippen LogP contribution < -0.4 is 4.74 Å². The molecule has 1 aliphatic heterocycles. The lowest BCUT2D eigenvalue weighted by Crippen LogP contribution is -2.41. The third-order valence-corrected chi connectivity index (χ3v) is 5.86. The number of pyridine rings is 1. The molecule has 0 aliphatic carbocycles. The van der Waals surface area contributed by atoms with Crippen LogP contribution in [-0.4, -0.2) is 56.1 Å². The zero-order valence-electron chi connectivity index (χ0n) is 19.3. The van der Waals surface area contributed by atoms with E-state index >= 15 is 0 Å². The number of para-hydroxylation sites is 1. The van der Waals surface area contributed by atoms with Gasteiger partial charge in [0.05, 0.1) is 6.61 Å². The Morgan fingerprint density at radius 2 is 2.00 bits per heavy atom. The number of likely N-dealkylation sites (tertiary alicyclic amines) is 1. The smallest absolute Gasteiger partial charge is 0.358 e. The van der Waals surface area contributed by atoms with Gasteiger partial charge in [0.1, 0.15) is 17.4 Å². The summed E-state index contributed by atoms with van der Waals surface area (Å²) in [5, 5.41) is 4.14. The molecule has 0 bridgehead atoms. The summed E-state index contributed by atoms with van der Waals surface area (Å²) < 4.78 is 18.0. The summed E-state index contributed by atoms with van der Waals surface area (Å²) in [6.07, 6.45) is 5.99. The van der Waals surface area contributed by atoms with Gasteiger partial charge in [0.2, 0.25) is 11.7 Å². The van der Waals surface area contributed by atoms with E-state index in [9.17, 15) is 9.59 Å². The van der Waals surface area contributed by atoms with Crippen molar-refractivity contribution in [2.45, 2.75) is 32.2 Å². The molecule has 1 aromatic carbocycles. The zero-order chi connectivity index (χ0) is 24.2. The Morgan fingerprint density at radius 3 is 2.83 bits per heavy atom. The predicted octanol–water partition coefficient (Wildman–Crippen LogP) is 3.69. The Labute approximate surface area is 201 Å². The first-order valence-electron chi connectivity index (χ1n) is 11.6. The van der Waals surface area contributed by atoms with Gasteiger partial charge in [0, 0.05) is 24.5 Å². The molecule has 1 fully saturated rings. The van der Waals surface area contributed by atoms with Gasteiger partial charge in [-0.2, -0.15) is 4.98 Å². The minimum atomic E-state index is -0.474. The van der Waals surface area contributed by atoms with Gasteiger partial charge < -0.3 is 23.3 Å². The van der Waals surface area contributed by atoms with Crippen molar-refractivity contribution >= 4 is 17.5 Å². The maximum Gasteiger partial charge on any atom is 0.358 e. The Bertz CT molecular complexity index is 1330. The standard InChI is InChI=1S/C25H25N5O5/c1-2-33-25(32)19-15-29-13-11-17(14-21(29)26-19)23-27-24(35-28-23)20-10-6-7-12-30(20)22(31)16-34-18-8-4-3-5-9-18/h3-5,8-9,11,13-15,20H,2,6-7,10,12,16H2,1H3/t20-/m1/s1. The zero-order valence-corrected chi connectivity index (χ0v) is 19.3. The summed E-state index contributed by atoms with van der Waals surface area (Å²) in [6, 6.07) is 12.5. The minimum Gasteiger partial charge on any atom is -0.484 e. The Kier molecular flexibility index (Phi) is 6.42. The number of ether oxygens (including phenoxy) is 2. The lowest BCUT2D eigenvalue weighted by molar-refractivity contribution is -0.138. The predicted molar refractivity (Wildman–Crippen MR) is 125 cm³/mol. The van der Waals surface area contributed by atoms with Crippen molar-refractivity contribution in [2.24, 2.45) is 0 Å². The minimum absolute atomic E-state index is 0.0547. The lowest BCUT2D eigenvalue weighted by Gasteiger charge is -2.33. The number of carbonyl (C=O) groups excluding carboxylic acids is 2. The fourth-order valence-corrected chi connectivity index (χ4v) is 4.14. The molecule has 5 rings (SSSR count). The second-order valence-corrected chi connectivity index (χ2v) is 8.18. The first kappa shape index (κ1) is 22.6. The van der Waals surface area contributed by atoms with E-state index in [1.54, 1.807) is 34.7 Å². The highest BCUT2D eigenvalue weighted by Gasteiger charge is 2.32. The third-order valence-electron chi connectivity index (χ3n) is 5.86. The van der Waals surface area contributed by atoms with Crippen molar-refractivity contribution in [2.75, 3.05) is 19.8 Å². The third kappa shape index (κ3) is 4.86. The van der Waals surface area contributed by atoms with Crippen molar-refractivity contribution in [1.29, 1.82) is 0 Å². The Hall–Kier alpha value is -4.21. The number of carbonyl (C=O) groups is 2. The van der Waals surface area contributed by atoms with Crippen molar-refractivity contribution < 1.29 is 23.6 Å². The van der Waals surface area contributed by atoms with Crippen LogP contribution in [-0.2, 0) is 9.53 Å². The molecule has 4 heterocycles. The molecule has 10 heteroatoms. The molecule has 4 aromatic rings. The molecule has 0 spiro atoms. The summed E-state index contributed by atoms with van der Waals surface area (Å²) in [5.74, 6) is 0.835. The van der Waals surface area contributed by atoms with Crippen LogP contribution in [0.25, 0.3) is 17.0 Å². The van der Waals surface area contributed by atoms with Crippen LogP contribution in [0.1, 0.15) is 48.6 Å². The van der Waals surface area contributed by atoms with Crippen LogP contribution in [0.3, 0.4) is 0 Å². The lowest BCUT2D eigenvalue weighted by atomic mass is 10.0. The Balaban J connectivity index is 1.33. The second kappa shape index (κ2) is 9.96. The van der Waals surface area contributed by atoms with Crippen LogP contribution in [0.4, 0.5) is 0 Å². The van der Waals surface area contributed by atoms with Gasteiger partial charge in [0.15, 0.2) is 12.3 Å². The molecule has 0 N–H and O–H groups in total. The SMILES string of the molecule is CCOC(=O)c1cn2ccc(-c3noc([C@H]4CCCCN4C(=O)COc4ccccc4)n3)cc2n1. The molecular formula is C25H25N5O5. The summed E-state index contributed by atoms with van der Waals surface area (Å²) in [4.78, 5) is 35.6. The molecular weight excluding hydrogens is 450 g/mol. The summed E-state index contributed by atoms with van der Waals surface area (Å²) in [6.45, 7) is 2.58. The van der Waals surface area contributed by atoms with Gasteiger partial charge in [-0.1, -0.05) is 23.4 Å². The fourth-order valence-electron chi connectivity index (χ4n) is 4.14. The van der Waals surface area contributed by atoms with E-state index in [1.165, 1.54) is 0 Å². The van der Waals surface area contributed by atoms with E-state index in [4.69, 9.17) is 14.0 Å². The highest BCUT2D eigenvalue weighted by molar-refractivity contribution is 5.88. The molecule has 1 saturated heterocycles. The number of amides is 1. The molecule has 1 amide bonds. The molecule has 10 nitrogen and oxygen atoms in total. The van der Waals surface area contributed by atoms with Crippen molar-refractivity contribution in [1.82, 2.24) is 24.4 Å². The van der Waals surface area contributed by atoms with Gasteiger partial charge in [0.25, 0.3) is 5.91 Å². The number of aromatic nitrogens is 4. The summed E-state index contributed by atoms with van der Waals surface area (Å²) >= 11 is 0. The quantitative estimate of drug-likeness (QED) is 0.372. The van der Waals surface area contributed by atoms with Gasteiger partial charge >= 0.3 is 5.97 Å². The average molecular weight is 476 g/mol. The average Bonchev–Trinajstić information content (AvgIpc) is 3.55. The normalized spacial score (nSPS) is 15.8. The van der Waals surface area contributed by atoms with E-state index in [0.29, 0.717) is 35.2 Å². The van der Waals surface area contributed by atoms with E-state index in [2.05, 4.69) is 15.1 Å². The van der Waals surface area contributed by atoms with Gasteiger partial charge in [-0.15, -0.1) is 0 Å². The number of hydrogen-bond donors (Lipinski definition) is 0. The molecule has 0 radical (unpaired) electrons. The highest BCUT2D eigenvalue weighted by Crippen LogP contribution is 2.31. The maximum absolute atomic E-state index is 12.9. The highest BCUT2D eigenvalue weighted by atomic mass is 16.5. The number of hydrogen-bond acceptors (Lipinski definition) is 8. The van der Waals surface area contributed by atoms with Crippen LogP contribution in [0.2, 0.25) is 0 Å². The molecule has 1 atom stereocenters. The fraction of sp³-hybridized carbons (Fsp3) is 0.320. The summed E-state index contributed by atoms with van der Waals surface area (Å²) in [5.41, 5.74) is 1.48. The van der Waals surface area contributed by atoms with E-state index in [1.807, 2.05) is 36.4 Å². The number of piperidine rings is 1. The number of fused-ring (bicyclic) bond motifs is 1. The second-order valence-electron chi connectivity index (χ2n) is 8.18. The number of imidazole rings is 1. The molecule has 0 unspecified atom stereocenters. The number of benzene rings is 1. The van der Waals surface area contributed by atoms with Crippen molar-refractivity contribution in [3.05, 3.63) is 66.4 Å². The largest absolute Gasteiger partial charge is 0.484 e. The van der Waals surface area contributed by atoms with Crippen LogP contribution in [0, 0.1) is 0 Å². The van der Waals surface area contributed by atoms with Crippen molar-refractivity contribution in [3.8, 4) is 17.1 Å². The summed E-state index contributed by atoms with van der Waals surface area (Å²) in [7, 11) is 0.